The van der Waals surface area contributed by atoms with Crippen LogP contribution in [0, 0.1) is 0 Å². The fourth-order valence-electron chi connectivity index (χ4n) is 2.37. The second kappa shape index (κ2) is 8.14. The highest BCUT2D eigenvalue weighted by atomic mass is 16.5. The summed E-state index contributed by atoms with van der Waals surface area (Å²) < 4.78 is 11.2. The van der Waals surface area contributed by atoms with E-state index < -0.39 is 17.8 Å². The smallest absolute Gasteiger partial charge is 0.328 e. The Morgan fingerprint density at radius 3 is 2.40 bits per heavy atom. The number of barbiturate groups is 1. The zero-order valence-corrected chi connectivity index (χ0v) is 14.2. The summed E-state index contributed by atoms with van der Waals surface area (Å²) in [7, 11) is 1.52. The monoisotopic (exact) mass is 344 g/mol. The van der Waals surface area contributed by atoms with Crippen molar-refractivity contribution in [2.45, 2.75) is 19.8 Å². The molecule has 4 amide bonds. The van der Waals surface area contributed by atoms with Crippen molar-refractivity contribution in [3.63, 3.8) is 0 Å². The lowest BCUT2D eigenvalue weighted by Gasteiger charge is -2.17. The van der Waals surface area contributed by atoms with Crippen molar-refractivity contribution in [1.29, 1.82) is 0 Å². The number of benzene rings is 1. The number of rotatable bonds is 7. The van der Waals surface area contributed by atoms with E-state index in [2.05, 4.69) is 6.58 Å². The Balaban J connectivity index is 2.47. The van der Waals surface area contributed by atoms with Crippen molar-refractivity contribution in [1.82, 2.24) is 10.6 Å². The molecular weight excluding hydrogens is 324 g/mol. The van der Waals surface area contributed by atoms with Crippen LogP contribution in [0.2, 0.25) is 0 Å². The number of ether oxygens (including phenoxy) is 2. The standard InChI is InChI=1S/C18H20N2O5/c1-4-6-12-8-11(10-14(24-3)15(12)25-7-5-2)9-13-16(21)19-18(23)20-17(13)22/h4,8-10H,1,5-7H2,2-3H3,(H2,19,20,21,22,23). The Hall–Kier alpha value is -3.09. The molecule has 0 atom stereocenters. The highest BCUT2D eigenvalue weighted by Gasteiger charge is 2.27. The van der Waals surface area contributed by atoms with Gasteiger partial charge in [-0.2, -0.15) is 0 Å². The summed E-state index contributed by atoms with van der Waals surface area (Å²) in [5.41, 5.74) is 1.24. The first kappa shape index (κ1) is 18.3. The van der Waals surface area contributed by atoms with Crippen LogP contribution in [0.4, 0.5) is 4.79 Å². The molecule has 2 rings (SSSR count). The predicted octanol–water partition coefficient (Wildman–Crippen LogP) is 1.96. The highest BCUT2D eigenvalue weighted by molar-refractivity contribution is 6.31. The molecule has 1 aliphatic heterocycles. The summed E-state index contributed by atoms with van der Waals surface area (Å²) in [6.45, 7) is 6.27. The molecule has 0 aromatic heterocycles. The maximum atomic E-state index is 11.9. The SMILES string of the molecule is C=CCc1cc(C=C2C(=O)NC(=O)NC2=O)cc(OC)c1OCCC. The molecule has 1 saturated heterocycles. The first-order chi connectivity index (χ1) is 12.0. The van der Waals surface area contributed by atoms with E-state index in [4.69, 9.17) is 9.47 Å². The van der Waals surface area contributed by atoms with E-state index in [0.717, 1.165) is 12.0 Å². The Morgan fingerprint density at radius 1 is 1.16 bits per heavy atom. The fraction of sp³-hybridized carbons (Fsp3) is 0.278. The molecule has 1 heterocycles. The van der Waals surface area contributed by atoms with Crippen molar-refractivity contribution in [2.24, 2.45) is 0 Å². The number of imide groups is 2. The minimum atomic E-state index is -0.833. The lowest BCUT2D eigenvalue weighted by atomic mass is 10.0. The molecule has 1 aliphatic rings. The van der Waals surface area contributed by atoms with Gasteiger partial charge in [-0.1, -0.05) is 13.0 Å². The summed E-state index contributed by atoms with van der Waals surface area (Å²) in [6.07, 6.45) is 4.50. The van der Waals surface area contributed by atoms with Crippen molar-refractivity contribution < 1.29 is 23.9 Å². The Morgan fingerprint density at radius 2 is 1.84 bits per heavy atom. The molecule has 0 bridgehead atoms. The van der Waals surface area contributed by atoms with Crippen LogP contribution in [-0.2, 0) is 16.0 Å². The van der Waals surface area contributed by atoms with Crippen LogP contribution in [0.25, 0.3) is 6.08 Å². The summed E-state index contributed by atoms with van der Waals surface area (Å²) in [6, 6.07) is 2.63. The third-order valence-corrected chi connectivity index (χ3v) is 3.44. The van der Waals surface area contributed by atoms with Crippen LogP contribution in [0.15, 0.2) is 30.4 Å². The maximum Gasteiger partial charge on any atom is 0.328 e. The lowest BCUT2D eigenvalue weighted by molar-refractivity contribution is -0.123. The predicted molar refractivity (Wildman–Crippen MR) is 92.3 cm³/mol. The number of methoxy groups -OCH3 is 1. The quantitative estimate of drug-likeness (QED) is 0.448. The molecule has 132 valence electrons. The largest absolute Gasteiger partial charge is 0.493 e. The molecule has 7 nitrogen and oxygen atoms in total. The van der Waals surface area contributed by atoms with E-state index in [9.17, 15) is 14.4 Å². The number of allylic oxidation sites excluding steroid dienone is 1. The molecule has 0 unspecified atom stereocenters. The van der Waals surface area contributed by atoms with Gasteiger partial charge >= 0.3 is 6.03 Å². The first-order valence-electron chi connectivity index (χ1n) is 7.83. The summed E-state index contributed by atoms with van der Waals surface area (Å²) >= 11 is 0. The number of nitrogens with one attached hydrogen (secondary N) is 2. The molecule has 7 heteroatoms. The van der Waals surface area contributed by atoms with Gasteiger partial charge in [0, 0.05) is 5.56 Å². The van der Waals surface area contributed by atoms with E-state index in [-0.39, 0.29) is 5.57 Å². The van der Waals surface area contributed by atoms with Gasteiger partial charge in [-0.3, -0.25) is 20.2 Å². The minimum Gasteiger partial charge on any atom is -0.493 e. The van der Waals surface area contributed by atoms with Gasteiger partial charge < -0.3 is 9.47 Å². The van der Waals surface area contributed by atoms with Crippen molar-refractivity contribution in [3.8, 4) is 11.5 Å². The van der Waals surface area contributed by atoms with E-state index in [0.29, 0.717) is 30.1 Å². The molecule has 1 fully saturated rings. The number of hydrogen-bond acceptors (Lipinski definition) is 5. The molecule has 0 aliphatic carbocycles. The van der Waals surface area contributed by atoms with E-state index >= 15 is 0 Å². The second-order valence-corrected chi connectivity index (χ2v) is 5.35. The summed E-state index contributed by atoms with van der Waals surface area (Å²) in [4.78, 5) is 34.8. The lowest BCUT2D eigenvalue weighted by Crippen LogP contribution is -2.51. The fourth-order valence-corrected chi connectivity index (χ4v) is 2.37. The summed E-state index contributed by atoms with van der Waals surface area (Å²) in [5, 5.41) is 4.07. The van der Waals surface area contributed by atoms with Crippen LogP contribution < -0.4 is 20.1 Å². The average Bonchev–Trinajstić information content (AvgIpc) is 2.57. The maximum absolute atomic E-state index is 11.9. The zero-order valence-electron chi connectivity index (χ0n) is 14.2. The van der Waals surface area contributed by atoms with Crippen molar-refractivity contribution in [2.75, 3.05) is 13.7 Å². The zero-order chi connectivity index (χ0) is 18.4. The van der Waals surface area contributed by atoms with Gasteiger partial charge in [0.25, 0.3) is 11.8 Å². The molecule has 1 aromatic carbocycles. The van der Waals surface area contributed by atoms with Gasteiger partial charge in [-0.05, 0) is 36.6 Å². The van der Waals surface area contributed by atoms with Gasteiger partial charge in [-0.25, -0.2) is 4.79 Å². The van der Waals surface area contributed by atoms with E-state index in [1.165, 1.54) is 13.2 Å². The number of amides is 4. The Labute approximate surface area is 145 Å². The molecule has 25 heavy (non-hydrogen) atoms. The van der Waals surface area contributed by atoms with Gasteiger partial charge in [0.1, 0.15) is 5.57 Å². The van der Waals surface area contributed by atoms with E-state index in [1.807, 2.05) is 17.6 Å². The van der Waals surface area contributed by atoms with Crippen molar-refractivity contribution in [3.05, 3.63) is 41.5 Å². The number of carbonyl (C=O) groups is 3. The third-order valence-electron chi connectivity index (χ3n) is 3.44. The van der Waals surface area contributed by atoms with Crippen molar-refractivity contribution >= 4 is 23.9 Å². The molecule has 2 N–H and O–H groups in total. The van der Waals surface area contributed by atoms with Crippen LogP contribution >= 0.6 is 0 Å². The Bertz CT molecular complexity index is 730. The van der Waals surface area contributed by atoms with Gasteiger partial charge in [0.15, 0.2) is 11.5 Å². The van der Waals surface area contributed by atoms with Crippen LogP contribution in [0.3, 0.4) is 0 Å². The van der Waals surface area contributed by atoms with Crippen LogP contribution in [0.1, 0.15) is 24.5 Å². The molecule has 0 saturated carbocycles. The molecular formula is C18H20N2O5. The Kier molecular flexibility index (Phi) is 5.94. The van der Waals surface area contributed by atoms with Crippen LogP contribution in [-0.4, -0.2) is 31.6 Å². The highest BCUT2D eigenvalue weighted by Crippen LogP contribution is 2.34. The first-order valence-corrected chi connectivity index (χ1v) is 7.83. The van der Waals surface area contributed by atoms with Crippen LogP contribution in [0.5, 0.6) is 11.5 Å². The normalized spacial score (nSPS) is 13.8. The van der Waals surface area contributed by atoms with Gasteiger partial charge in [-0.15, -0.1) is 6.58 Å². The molecule has 0 radical (unpaired) electrons. The third kappa shape index (κ3) is 4.26. The average molecular weight is 344 g/mol. The molecule has 0 spiro atoms. The second-order valence-electron chi connectivity index (χ2n) is 5.35. The number of urea groups is 1. The molecule has 1 aromatic rings. The number of hydrogen-bond donors (Lipinski definition) is 2. The van der Waals surface area contributed by atoms with E-state index in [1.54, 1.807) is 18.2 Å². The number of carbonyl (C=O) groups excluding carboxylic acids is 3. The summed E-state index contributed by atoms with van der Waals surface area (Å²) in [5.74, 6) is -0.389. The van der Waals surface area contributed by atoms with Gasteiger partial charge in [0.2, 0.25) is 0 Å². The minimum absolute atomic E-state index is 0.159. The topological polar surface area (TPSA) is 93.7 Å². The van der Waals surface area contributed by atoms with Gasteiger partial charge in [0.05, 0.1) is 13.7 Å².